The molecule has 44 heavy (non-hydrogen) atoms. The number of hydrogen-bond donors (Lipinski definition) is 0. The highest BCUT2D eigenvalue weighted by atomic mass is 14.2. The van der Waals surface area contributed by atoms with Gasteiger partial charge < -0.3 is 0 Å². The number of hydrogen-bond acceptors (Lipinski definition) is 0. The molecule has 0 saturated carbocycles. The van der Waals surface area contributed by atoms with Crippen molar-refractivity contribution >= 4 is 274 Å². The third kappa shape index (κ3) is 7.97. The lowest BCUT2D eigenvalue weighted by Crippen LogP contribution is -2.80. The summed E-state index contributed by atoms with van der Waals surface area (Å²) >= 11 is 0. The molecular weight excluding hydrogens is 490 g/mol. The second kappa shape index (κ2) is 16.9. The first-order valence-electron chi connectivity index (χ1n) is 14.1. The summed E-state index contributed by atoms with van der Waals surface area (Å²) in [6.07, 6.45) is -7.74. The van der Waals surface area contributed by atoms with Crippen LogP contribution < -0.4 is 32.8 Å². The Hall–Kier alpha value is 0.778. The van der Waals surface area contributed by atoms with Crippen molar-refractivity contribution in [1.29, 1.82) is 0 Å². The average molecular weight is 496 g/mol. The molecule has 0 unspecified atom stereocenters. The minimum Gasteiger partial charge on any atom is -0.113 e. The highest BCUT2D eigenvalue weighted by Gasteiger charge is 2.41. The third-order valence-corrected chi connectivity index (χ3v) is 8.57. The zero-order chi connectivity index (χ0) is 34.1. The monoisotopic (exact) mass is 502 g/mol. The molecule has 0 aliphatic carbocycles. The van der Waals surface area contributed by atoms with Crippen molar-refractivity contribution in [3.8, 4) is 0 Å². The van der Waals surface area contributed by atoms with E-state index in [0.717, 1.165) is 0 Å². The first-order valence-corrected chi connectivity index (χ1v) is 14.1. The van der Waals surface area contributed by atoms with Crippen LogP contribution in [0.5, 0.6) is 0 Å². The summed E-state index contributed by atoms with van der Waals surface area (Å²) in [4.78, 5) is 0. The molecule has 0 aliphatic rings. The average Bonchev–Trinajstić information content (AvgIpc) is 2.91. The molecule has 2 aromatic rings. The molecule has 0 amide bonds. The fourth-order valence-electron chi connectivity index (χ4n) is 6.20. The van der Waals surface area contributed by atoms with E-state index in [1.807, 2.05) is 6.92 Å². The molecule has 2 aromatic carbocycles. The molecule has 0 aliphatic heterocycles. The Morgan fingerprint density at radius 2 is 0.886 bits per heavy atom. The predicted octanol–water partition coefficient (Wildman–Crippen LogP) is -13.7. The Labute approximate surface area is 297 Å². The van der Waals surface area contributed by atoms with Crippen molar-refractivity contribution in [2.75, 3.05) is 0 Å². The van der Waals surface area contributed by atoms with Crippen LogP contribution in [0.25, 0.3) is 10.8 Å². The maximum absolute atomic E-state index is 6.95. The maximum Gasteiger partial charge on any atom is 0.115 e. The van der Waals surface area contributed by atoms with Crippen LogP contribution in [0.1, 0.15) is 11.1 Å². The van der Waals surface area contributed by atoms with Crippen molar-refractivity contribution in [1.82, 2.24) is 0 Å². The smallest absolute Gasteiger partial charge is 0.113 e. The fourth-order valence-corrected chi connectivity index (χ4v) is 6.20. The van der Waals surface area contributed by atoms with Gasteiger partial charge in [0.05, 0.1) is 32.5 Å². The Morgan fingerprint density at radius 1 is 0.432 bits per heavy atom. The lowest BCUT2D eigenvalue weighted by Gasteiger charge is -2.42. The van der Waals surface area contributed by atoms with Gasteiger partial charge in [0.15, 0.2) is 0 Å². The van der Waals surface area contributed by atoms with Gasteiger partial charge in [-0.1, -0.05) is 33.0 Å². The minimum atomic E-state index is -1.17. The summed E-state index contributed by atoms with van der Waals surface area (Å²) in [6.45, 7) is -1.42. The van der Waals surface area contributed by atoms with Crippen LogP contribution in [-0.4, -0.2) is 231 Å². The van der Waals surface area contributed by atoms with Crippen LogP contribution in [0, 0.1) is 13.8 Å². The largest absolute Gasteiger partial charge is 0.115 e. The molecule has 2 rings (SSSR count). The van der Waals surface area contributed by atoms with E-state index in [0.29, 0.717) is 49.2 Å². The van der Waals surface area contributed by atoms with E-state index in [-0.39, 0.29) is 5.46 Å². The molecule has 0 fully saturated rings. The van der Waals surface area contributed by atoms with Crippen LogP contribution in [0.3, 0.4) is 0 Å². The number of fused-ring (bicyclic) bond motifs is 1. The van der Waals surface area contributed by atoms with Crippen molar-refractivity contribution in [3.63, 3.8) is 0 Å². The molecule has 0 spiro atoms. The molecule has 0 aromatic heterocycles. The molecule has 0 bridgehead atoms. The lowest BCUT2D eigenvalue weighted by molar-refractivity contribution is 1.41. The van der Waals surface area contributed by atoms with Crippen LogP contribution in [-0.2, 0) is 0 Å². The zero-order valence-electron chi connectivity index (χ0n) is 25.5. The molecular formula is C12H6B32. The molecule has 38 radical (unpaired) electrons. The summed E-state index contributed by atoms with van der Waals surface area (Å²) in [5.41, 5.74) is 3.40. The van der Waals surface area contributed by atoms with E-state index >= 15 is 0 Å². The highest BCUT2D eigenvalue weighted by molar-refractivity contribution is 7.89. The van der Waals surface area contributed by atoms with Gasteiger partial charge in [-0.15, -0.1) is 10.9 Å². The second-order valence-corrected chi connectivity index (χ2v) is 11.5. The van der Waals surface area contributed by atoms with Gasteiger partial charge in [0, 0.05) is 190 Å². The van der Waals surface area contributed by atoms with E-state index in [9.17, 15) is 0 Å². The van der Waals surface area contributed by atoms with Gasteiger partial charge in [-0.05, 0) is 24.6 Å². The van der Waals surface area contributed by atoms with Crippen LogP contribution in [0.4, 0.5) is 0 Å². The van der Waals surface area contributed by atoms with Gasteiger partial charge in [0.25, 0.3) is 0 Å². The van der Waals surface area contributed by atoms with Gasteiger partial charge >= 0.3 is 0 Å². The van der Waals surface area contributed by atoms with E-state index in [1.54, 1.807) is 6.92 Å². The third-order valence-electron chi connectivity index (χ3n) is 8.57. The van der Waals surface area contributed by atoms with Gasteiger partial charge in [0.1, 0.15) is 7.85 Å². The Kier molecular flexibility index (Phi) is 15.8. The van der Waals surface area contributed by atoms with Crippen molar-refractivity contribution < 1.29 is 0 Å². The maximum atomic E-state index is 6.95. The van der Waals surface area contributed by atoms with Crippen molar-refractivity contribution in [2.45, 2.75) is 13.8 Å². The summed E-state index contributed by atoms with van der Waals surface area (Å²) in [7, 11) is 118. The van der Waals surface area contributed by atoms with Gasteiger partial charge in [-0.25, -0.2) is 0 Å². The van der Waals surface area contributed by atoms with Crippen molar-refractivity contribution in [2.24, 2.45) is 0 Å². The second-order valence-electron chi connectivity index (χ2n) is 11.5. The van der Waals surface area contributed by atoms with Crippen molar-refractivity contribution in [3.05, 3.63) is 11.1 Å². The fraction of sp³-hybridized carbons (Fsp3) is 0.167. The summed E-state index contributed by atoms with van der Waals surface area (Å²) < 4.78 is 0. The Balaban J connectivity index is 3.81. The molecule has 0 saturated heterocycles. The van der Waals surface area contributed by atoms with E-state index < -0.39 is 77.2 Å². The van der Waals surface area contributed by atoms with E-state index in [2.05, 4.69) is 0 Å². The molecule has 32 heteroatoms. The topological polar surface area (TPSA) is 0 Å². The summed E-state index contributed by atoms with van der Waals surface area (Å²) in [5, 5.41) is 0.776. The predicted molar refractivity (Wildman–Crippen MR) is 235 cm³/mol. The molecule has 0 atom stereocenters. The van der Waals surface area contributed by atoms with Gasteiger partial charge in [-0.2, -0.15) is 0 Å². The Bertz CT molecular complexity index is 1260. The molecule has 0 heterocycles. The molecule has 0 N–H and O–H groups in total. The molecule has 0 nitrogen and oxygen atoms in total. The number of rotatable bonds is 14. The first kappa shape index (κ1) is 41.0. The first-order chi connectivity index (χ1) is 20.3. The van der Waals surface area contributed by atoms with Crippen LogP contribution >= 0.6 is 0 Å². The number of benzene rings is 2. The van der Waals surface area contributed by atoms with E-state index in [4.69, 9.17) is 139 Å². The van der Waals surface area contributed by atoms with Crippen LogP contribution in [0.2, 0.25) is 0 Å². The minimum absolute atomic E-state index is 0.288. The molecule has 150 valence electrons. The standard InChI is InChI=1S/C12H6B32/c1-3-4(2)8(33(16)38(18)19)6-5(7(3)13)10(37(43(28)29)44(30)32-15)12(36(41(24)25)42(26)27)11(35(31-14)40(22)23)9(6)34(17)39(20)21/h1-2H3. The zero-order valence-corrected chi connectivity index (χ0v) is 25.5. The lowest BCUT2D eigenvalue weighted by atomic mass is 8.66. The summed E-state index contributed by atoms with van der Waals surface area (Å²) in [6, 6.07) is 0. The quantitative estimate of drug-likeness (QED) is 0.228. The van der Waals surface area contributed by atoms with Gasteiger partial charge in [0.2, 0.25) is 0 Å². The SMILES string of the molecule is [B][B]B([B])B(B([B])[B])c1c(B(B([B])[B])B([B])[B])c(B([B][B])B([B])[B])c(B([B])B([B])[B])c2c(B([B])B([B])[B])c(C)c(C)c([B])c12. The normalized spacial score (nSPS) is 10.3. The van der Waals surface area contributed by atoms with Gasteiger partial charge in [-0.3, -0.25) is 0 Å². The Morgan fingerprint density at radius 3 is 1.25 bits per heavy atom. The summed E-state index contributed by atoms with van der Waals surface area (Å²) in [5.74, 6) is 0. The van der Waals surface area contributed by atoms with Crippen LogP contribution in [0.15, 0.2) is 0 Å². The van der Waals surface area contributed by atoms with E-state index in [1.165, 1.54) is 14.1 Å². The highest BCUT2D eigenvalue weighted by Crippen LogP contribution is 2.16.